The lowest BCUT2D eigenvalue weighted by molar-refractivity contribution is -0.153. The second kappa shape index (κ2) is 11.3. The molecule has 2 amide bonds. The number of hydrogen-bond donors (Lipinski definition) is 6. The van der Waals surface area contributed by atoms with Gasteiger partial charge >= 0.3 is 16.3 Å². The van der Waals surface area contributed by atoms with Gasteiger partial charge in [0.05, 0.1) is 18.4 Å². The van der Waals surface area contributed by atoms with E-state index in [4.69, 9.17) is 10.6 Å². The lowest BCUT2D eigenvalue weighted by Gasteiger charge is -2.43. The van der Waals surface area contributed by atoms with Crippen LogP contribution >= 0.6 is 11.3 Å². The van der Waals surface area contributed by atoms with Crippen LogP contribution in [0.1, 0.15) is 37.1 Å². The molecule has 3 fully saturated rings. The molecule has 0 spiro atoms. The number of thiazole rings is 1. The van der Waals surface area contributed by atoms with Crippen LogP contribution in [0, 0.1) is 0 Å². The van der Waals surface area contributed by atoms with Gasteiger partial charge in [0.1, 0.15) is 17.8 Å². The molecule has 2 aromatic rings. The van der Waals surface area contributed by atoms with Crippen LogP contribution < -0.4 is 21.7 Å². The maximum absolute atomic E-state index is 13.2. The molecule has 2 saturated heterocycles. The molecule has 20 heteroatoms. The standard InChI is InChI=1S/C21H28N10O8S2/c22-20-26-13(10-40-20)15(29-39-21(3-4-21)19(34)35)17(32)27-16-14(31(18(16)33)41(36,37)38)9-30-25-8-12(28-30)7-24-11-1-5-23-6-2-11/h8,10-11,14,16,23-24H,1-7,9H2,(H2,22,26)(H,27,32)(H,34,35)(H,36,37,38)/b29-15-. The van der Waals surface area contributed by atoms with E-state index in [1.807, 2.05) is 0 Å². The van der Waals surface area contributed by atoms with E-state index in [1.165, 1.54) is 11.6 Å². The Kier molecular flexibility index (Phi) is 7.92. The van der Waals surface area contributed by atoms with Gasteiger partial charge in [-0.3, -0.25) is 14.1 Å². The third kappa shape index (κ3) is 6.30. The molecule has 0 bridgehead atoms. The van der Waals surface area contributed by atoms with Gasteiger partial charge in [0.15, 0.2) is 10.8 Å². The zero-order chi connectivity index (χ0) is 29.4. The second-order valence-corrected chi connectivity index (χ2v) is 12.0. The first-order valence-electron chi connectivity index (χ1n) is 12.6. The molecule has 4 heterocycles. The Balaban J connectivity index is 1.30. The number of nitrogens with two attached hydrogens (primary N) is 1. The van der Waals surface area contributed by atoms with Crippen LogP contribution in [0.15, 0.2) is 16.7 Å². The topological polar surface area (TPSA) is 256 Å². The molecule has 2 unspecified atom stereocenters. The van der Waals surface area contributed by atoms with E-state index < -0.39 is 51.5 Å². The Labute approximate surface area is 237 Å². The quantitative estimate of drug-likeness (QED) is 0.0637. The minimum Gasteiger partial charge on any atom is -0.478 e. The van der Waals surface area contributed by atoms with E-state index >= 15 is 0 Å². The summed E-state index contributed by atoms with van der Waals surface area (Å²) in [6.07, 6.45) is 3.77. The Bertz CT molecular complexity index is 1460. The Morgan fingerprint density at radius 1 is 1.32 bits per heavy atom. The zero-order valence-corrected chi connectivity index (χ0v) is 23.1. The second-order valence-electron chi connectivity index (χ2n) is 9.83. The monoisotopic (exact) mass is 612 g/mol. The minimum atomic E-state index is -4.97. The Morgan fingerprint density at radius 2 is 2.05 bits per heavy atom. The SMILES string of the molecule is Nc1nc(/C(=N/OC2(C(=O)O)CC2)C(=O)NC2C(=O)N(S(=O)(=O)O)C2Cn2ncc(CNC3CCNCC3)n2)cs1. The maximum Gasteiger partial charge on any atom is 0.362 e. The van der Waals surface area contributed by atoms with Crippen molar-refractivity contribution in [3.8, 4) is 0 Å². The van der Waals surface area contributed by atoms with Crippen LogP contribution in [0.25, 0.3) is 0 Å². The van der Waals surface area contributed by atoms with Crippen LogP contribution in [-0.4, -0.2) is 103 Å². The number of nitrogens with zero attached hydrogens (tertiary/aromatic N) is 6. The number of carbonyl (C=O) groups is 3. The lowest BCUT2D eigenvalue weighted by atomic mass is 9.98. The number of hydrogen-bond acceptors (Lipinski definition) is 14. The van der Waals surface area contributed by atoms with Gasteiger partial charge in [-0.15, -0.1) is 11.3 Å². The fourth-order valence-electron chi connectivity index (χ4n) is 4.49. The van der Waals surface area contributed by atoms with Gasteiger partial charge in [0, 0.05) is 30.8 Å². The van der Waals surface area contributed by atoms with Crippen molar-refractivity contribution in [3.63, 3.8) is 0 Å². The number of anilines is 1. The maximum atomic E-state index is 13.2. The molecular weight excluding hydrogens is 584 g/mol. The number of nitrogens with one attached hydrogen (secondary N) is 3. The first-order valence-corrected chi connectivity index (χ1v) is 14.9. The van der Waals surface area contributed by atoms with Crippen LogP contribution in [0.4, 0.5) is 5.13 Å². The highest BCUT2D eigenvalue weighted by Gasteiger charge is 2.56. The number of amides is 2. The van der Waals surface area contributed by atoms with Gasteiger partial charge in [-0.2, -0.15) is 23.4 Å². The van der Waals surface area contributed by atoms with Gasteiger partial charge < -0.3 is 31.6 Å². The normalized spacial score (nSPS) is 22.7. The van der Waals surface area contributed by atoms with Gasteiger partial charge in [0.2, 0.25) is 5.60 Å². The Morgan fingerprint density at radius 3 is 2.66 bits per heavy atom. The highest BCUT2D eigenvalue weighted by atomic mass is 32.2. The van der Waals surface area contributed by atoms with Gasteiger partial charge in [-0.25, -0.2) is 14.1 Å². The summed E-state index contributed by atoms with van der Waals surface area (Å²) in [5, 5.41) is 32.0. The average Bonchev–Trinajstić information content (AvgIpc) is 3.39. The number of aromatic nitrogens is 4. The van der Waals surface area contributed by atoms with Crippen molar-refractivity contribution < 1.29 is 37.3 Å². The number of piperidine rings is 1. The largest absolute Gasteiger partial charge is 0.478 e. The van der Waals surface area contributed by atoms with Crippen LogP contribution in [0.3, 0.4) is 0 Å². The number of nitrogen functional groups attached to an aromatic ring is 1. The van der Waals surface area contributed by atoms with E-state index in [0.29, 0.717) is 18.3 Å². The molecule has 5 rings (SSSR count). The van der Waals surface area contributed by atoms with Crippen molar-refractivity contribution in [2.24, 2.45) is 5.16 Å². The molecule has 1 aliphatic carbocycles. The number of carboxylic acid groups (broad SMARTS) is 1. The molecule has 2 aromatic heterocycles. The predicted molar refractivity (Wildman–Crippen MR) is 141 cm³/mol. The summed E-state index contributed by atoms with van der Waals surface area (Å²) >= 11 is 0.984. The summed E-state index contributed by atoms with van der Waals surface area (Å²) in [6, 6.07) is -2.39. The third-order valence-electron chi connectivity index (χ3n) is 6.93. The van der Waals surface area contributed by atoms with E-state index in [0.717, 1.165) is 42.1 Å². The van der Waals surface area contributed by atoms with E-state index in [-0.39, 0.29) is 34.5 Å². The molecular formula is C21H28N10O8S2. The number of carboxylic acids is 1. The number of aliphatic carboxylic acids is 1. The van der Waals surface area contributed by atoms with Crippen molar-refractivity contribution >= 4 is 50.3 Å². The highest BCUT2D eigenvalue weighted by molar-refractivity contribution is 7.84. The fraction of sp³-hybridized carbons (Fsp3) is 0.571. The van der Waals surface area contributed by atoms with Crippen LogP contribution in [-0.2, 0) is 42.6 Å². The van der Waals surface area contributed by atoms with Crippen molar-refractivity contribution in [2.45, 2.75) is 62.5 Å². The lowest BCUT2D eigenvalue weighted by Crippen LogP contribution is -2.73. The summed E-state index contributed by atoms with van der Waals surface area (Å²) in [7, 11) is -4.97. The van der Waals surface area contributed by atoms with E-state index in [2.05, 4.69) is 36.3 Å². The third-order valence-corrected chi connectivity index (χ3v) is 8.56. The average molecular weight is 613 g/mol. The number of oxime groups is 1. The molecule has 2 aliphatic heterocycles. The minimum absolute atomic E-state index is 0.0409. The number of carbonyl (C=O) groups excluding carboxylic acids is 2. The van der Waals surface area contributed by atoms with Gasteiger partial charge in [-0.05, 0) is 25.9 Å². The summed E-state index contributed by atoms with van der Waals surface area (Å²) in [5.41, 5.74) is 4.16. The van der Waals surface area contributed by atoms with Crippen molar-refractivity contribution in [3.05, 3.63) is 23.0 Å². The molecule has 0 aromatic carbocycles. The molecule has 0 radical (unpaired) electrons. The summed E-state index contributed by atoms with van der Waals surface area (Å²) in [6.45, 7) is 1.96. The van der Waals surface area contributed by atoms with Crippen molar-refractivity contribution in [2.75, 3.05) is 18.8 Å². The Hall–Kier alpha value is -3.72. The fourth-order valence-corrected chi connectivity index (χ4v) is 5.91. The van der Waals surface area contributed by atoms with E-state index in [9.17, 15) is 32.5 Å². The van der Waals surface area contributed by atoms with Crippen molar-refractivity contribution in [1.82, 2.24) is 40.2 Å². The summed E-state index contributed by atoms with van der Waals surface area (Å²) in [5.74, 6) is -3.36. The molecule has 3 aliphatic rings. The van der Waals surface area contributed by atoms with Gasteiger partial charge in [0.25, 0.3) is 11.8 Å². The zero-order valence-electron chi connectivity index (χ0n) is 21.5. The molecule has 2 atom stereocenters. The number of rotatable bonds is 12. The van der Waals surface area contributed by atoms with Crippen LogP contribution in [0.5, 0.6) is 0 Å². The van der Waals surface area contributed by atoms with Gasteiger partial charge in [-0.1, -0.05) is 5.16 Å². The molecule has 7 N–H and O–H groups in total. The predicted octanol–water partition coefficient (Wildman–Crippen LogP) is -2.31. The molecule has 222 valence electrons. The molecule has 18 nitrogen and oxygen atoms in total. The highest BCUT2D eigenvalue weighted by Crippen LogP contribution is 2.40. The molecule has 1 saturated carbocycles. The number of β-lactam (4-membered cyclic amide) rings is 1. The first-order chi connectivity index (χ1) is 19.5. The first kappa shape index (κ1) is 28.8. The summed E-state index contributed by atoms with van der Waals surface area (Å²) < 4.78 is 33.8. The molecule has 41 heavy (non-hydrogen) atoms. The summed E-state index contributed by atoms with van der Waals surface area (Å²) in [4.78, 5) is 47.7. The van der Waals surface area contributed by atoms with Crippen molar-refractivity contribution in [1.29, 1.82) is 0 Å². The van der Waals surface area contributed by atoms with Crippen LogP contribution in [0.2, 0.25) is 0 Å². The smallest absolute Gasteiger partial charge is 0.362 e. The van der Waals surface area contributed by atoms with E-state index in [1.54, 1.807) is 0 Å².